The van der Waals surface area contributed by atoms with E-state index in [1.807, 2.05) is 25.1 Å². The van der Waals surface area contributed by atoms with Gasteiger partial charge in [-0.25, -0.2) is 0 Å². The Morgan fingerprint density at radius 3 is 2.47 bits per heavy atom. The van der Waals surface area contributed by atoms with Gasteiger partial charge in [0, 0.05) is 18.6 Å². The van der Waals surface area contributed by atoms with Crippen LogP contribution < -0.4 is 20.5 Å². The second-order valence-electron chi connectivity index (χ2n) is 4.78. The lowest BCUT2D eigenvalue weighted by molar-refractivity contribution is 0.260. The molecule has 1 aromatic rings. The van der Waals surface area contributed by atoms with E-state index < -0.39 is 0 Å². The third kappa shape index (κ3) is 4.38. The van der Waals surface area contributed by atoms with Gasteiger partial charge < -0.3 is 25.6 Å². The monoisotopic (exact) mass is 268 g/mol. The fourth-order valence-corrected chi connectivity index (χ4v) is 2.01. The summed E-state index contributed by atoms with van der Waals surface area (Å²) in [6.45, 7) is 3.16. The molecule has 0 aromatic heterocycles. The summed E-state index contributed by atoms with van der Waals surface area (Å²) in [4.78, 5) is 0. The Labute approximate surface area is 114 Å². The first-order valence-corrected chi connectivity index (χ1v) is 6.35. The fraction of sp³-hybridized carbons (Fsp3) is 0.571. The zero-order valence-electron chi connectivity index (χ0n) is 11.9. The van der Waals surface area contributed by atoms with Crippen molar-refractivity contribution in [2.24, 2.45) is 5.73 Å². The van der Waals surface area contributed by atoms with E-state index in [0.29, 0.717) is 24.6 Å². The second kappa shape index (κ2) is 7.33. The predicted octanol–water partition coefficient (Wildman–Crippen LogP) is 0.546. The molecule has 0 radical (unpaired) electrons. The number of aliphatic hydroxyl groups is 1. The van der Waals surface area contributed by atoms with E-state index in [2.05, 4.69) is 5.32 Å². The minimum absolute atomic E-state index is 0.0987. The van der Waals surface area contributed by atoms with Crippen LogP contribution in [-0.2, 0) is 6.42 Å². The molecule has 4 N–H and O–H groups in total. The van der Waals surface area contributed by atoms with Crippen molar-refractivity contribution in [1.29, 1.82) is 0 Å². The lowest BCUT2D eigenvalue weighted by atomic mass is 9.92. The molecule has 1 aromatic carbocycles. The first kappa shape index (κ1) is 15.8. The molecule has 0 saturated heterocycles. The highest BCUT2D eigenvalue weighted by molar-refractivity contribution is 5.43. The lowest BCUT2D eigenvalue weighted by Gasteiger charge is -2.29. The maximum atomic E-state index is 8.90. The summed E-state index contributed by atoms with van der Waals surface area (Å²) in [6, 6.07) is 5.83. The number of hydrogen-bond acceptors (Lipinski definition) is 5. The molecular weight excluding hydrogens is 244 g/mol. The lowest BCUT2D eigenvalue weighted by Crippen LogP contribution is -2.51. The first-order chi connectivity index (χ1) is 9.08. The largest absolute Gasteiger partial charge is 0.493 e. The molecule has 108 valence electrons. The highest BCUT2D eigenvalue weighted by atomic mass is 16.5. The van der Waals surface area contributed by atoms with Crippen molar-refractivity contribution < 1.29 is 14.6 Å². The van der Waals surface area contributed by atoms with Gasteiger partial charge in [-0.3, -0.25) is 0 Å². The SMILES string of the molecule is COc1ccc(CC(C)(CN)NCCO)cc1OC. The molecule has 0 bridgehead atoms. The Morgan fingerprint density at radius 2 is 1.95 bits per heavy atom. The third-order valence-electron chi connectivity index (χ3n) is 3.16. The maximum absolute atomic E-state index is 8.90. The van der Waals surface area contributed by atoms with Crippen molar-refractivity contribution in [3.63, 3.8) is 0 Å². The van der Waals surface area contributed by atoms with Crippen LogP contribution in [0, 0.1) is 0 Å². The van der Waals surface area contributed by atoms with Gasteiger partial charge in [-0.15, -0.1) is 0 Å². The predicted molar refractivity (Wildman–Crippen MR) is 75.8 cm³/mol. The van der Waals surface area contributed by atoms with Crippen LogP contribution in [0.2, 0.25) is 0 Å². The Hall–Kier alpha value is -1.30. The Kier molecular flexibility index (Phi) is 6.08. The van der Waals surface area contributed by atoms with Crippen LogP contribution in [0.3, 0.4) is 0 Å². The maximum Gasteiger partial charge on any atom is 0.160 e. The number of β-amino-alcohol motifs (C(OH)–C–C–N with tert-alkyl or cyclic N) is 1. The van der Waals surface area contributed by atoms with Crippen LogP contribution in [0.4, 0.5) is 0 Å². The highest BCUT2D eigenvalue weighted by Gasteiger charge is 2.22. The quantitative estimate of drug-likeness (QED) is 0.642. The fourth-order valence-electron chi connectivity index (χ4n) is 2.01. The number of aliphatic hydroxyl groups excluding tert-OH is 1. The van der Waals surface area contributed by atoms with Gasteiger partial charge in [0.15, 0.2) is 11.5 Å². The van der Waals surface area contributed by atoms with Crippen molar-refractivity contribution in [2.45, 2.75) is 18.9 Å². The molecule has 0 aliphatic heterocycles. The molecular formula is C14H24N2O3. The molecule has 1 unspecified atom stereocenters. The normalized spacial score (nSPS) is 13.9. The summed E-state index contributed by atoms with van der Waals surface area (Å²) >= 11 is 0. The van der Waals surface area contributed by atoms with Crippen LogP contribution in [0.25, 0.3) is 0 Å². The number of ether oxygens (including phenoxy) is 2. The number of rotatable bonds is 8. The molecule has 0 aliphatic carbocycles. The van der Waals surface area contributed by atoms with Gasteiger partial charge in [0.05, 0.1) is 20.8 Å². The van der Waals surface area contributed by atoms with Crippen molar-refractivity contribution in [3.8, 4) is 11.5 Å². The molecule has 0 amide bonds. The van der Waals surface area contributed by atoms with Gasteiger partial charge in [0.1, 0.15) is 0 Å². The number of nitrogens with one attached hydrogen (secondary N) is 1. The summed E-state index contributed by atoms with van der Waals surface area (Å²) in [5, 5.41) is 12.2. The van der Waals surface area contributed by atoms with Crippen LogP contribution in [-0.4, -0.2) is 44.6 Å². The number of benzene rings is 1. The van der Waals surface area contributed by atoms with E-state index in [1.54, 1.807) is 14.2 Å². The average molecular weight is 268 g/mol. The van der Waals surface area contributed by atoms with Crippen molar-refractivity contribution in [3.05, 3.63) is 23.8 Å². The van der Waals surface area contributed by atoms with Gasteiger partial charge in [-0.2, -0.15) is 0 Å². The van der Waals surface area contributed by atoms with Crippen LogP contribution in [0.5, 0.6) is 11.5 Å². The third-order valence-corrected chi connectivity index (χ3v) is 3.16. The molecule has 0 aliphatic rings. The van der Waals surface area contributed by atoms with Crippen LogP contribution in [0.15, 0.2) is 18.2 Å². The molecule has 0 fully saturated rings. The van der Waals surface area contributed by atoms with Gasteiger partial charge in [0.25, 0.3) is 0 Å². The van der Waals surface area contributed by atoms with E-state index >= 15 is 0 Å². The Bertz CT molecular complexity index is 398. The topological polar surface area (TPSA) is 76.7 Å². The van der Waals surface area contributed by atoms with E-state index in [9.17, 15) is 0 Å². The summed E-state index contributed by atoms with van der Waals surface area (Å²) in [5.41, 5.74) is 6.68. The number of nitrogens with two attached hydrogens (primary N) is 1. The standard InChI is InChI=1S/C14H24N2O3/c1-14(10-15,16-6-7-17)9-11-4-5-12(18-2)13(8-11)19-3/h4-5,8,16-17H,6-7,9-10,15H2,1-3H3. The smallest absolute Gasteiger partial charge is 0.160 e. The summed E-state index contributed by atoms with van der Waals surface area (Å²) in [5.74, 6) is 1.42. The first-order valence-electron chi connectivity index (χ1n) is 6.35. The van der Waals surface area contributed by atoms with Gasteiger partial charge in [-0.1, -0.05) is 6.07 Å². The highest BCUT2D eigenvalue weighted by Crippen LogP contribution is 2.28. The van der Waals surface area contributed by atoms with E-state index in [-0.39, 0.29) is 12.1 Å². The number of methoxy groups -OCH3 is 2. The summed E-state index contributed by atoms with van der Waals surface area (Å²) in [7, 11) is 3.23. The molecule has 19 heavy (non-hydrogen) atoms. The summed E-state index contributed by atoms with van der Waals surface area (Å²) < 4.78 is 10.5. The van der Waals surface area contributed by atoms with Crippen LogP contribution in [0.1, 0.15) is 12.5 Å². The molecule has 1 atom stereocenters. The van der Waals surface area contributed by atoms with Gasteiger partial charge in [-0.05, 0) is 31.0 Å². The molecule has 5 heteroatoms. The number of hydrogen-bond donors (Lipinski definition) is 3. The molecule has 5 nitrogen and oxygen atoms in total. The minimum atomic E-state index is -0.248. The molecule has 1 rings (SSSR count). The zero-order chi connectivity index (χ0) is 14.3. The second-order valence-corrected chi connectivity index (χ2v) is 4.78. The van der Waals surface area contributed by atoms with Crippen LogP contribution >= 0.6 is 0 Å². The molecule has 0 saturated carbocycles. The Balaban J connectivity index is 2.85. The van der Waals surface area contributed by atoms with Crippen molar-refractivity contribution in [1.82, 2.24) is 5.32 Å². The van der Waals surface area contributed by atoms with Crippen molar-refractivity contribution in [2.75, 3.05) is 33.9 Å². The van der Waals surface area contributed by atoms with E-state index in [1.165, 1.54) is 0 Å². The van der Waals surface area contributed by atoms with Gasteiger partial charge in [0.2, 0.25) is 0 Å². The van der Waals surface area contributed by atoms with Crippen molar-refractivity contribution >= 4 is 0 Å². The summed E-state index contributed by atoms with van der Waals surface area (Å²) in [6.07, 6.45) is 0.754. The average Bonchev–Trinajstić information content (AvgIpc) is 2.45. The van der Waals surface area contributed by atoms with Gasteiger partial charge >= 0.3 is 0 Å². The Morgan fingerprint density at radius 1 is 1.26 bits per heavy atom. The molecule has 0 heterocycles. The zero-order valence-corrected chi connectivity index (χ0v) is 11.9. The molecule has 0 spiro atoms. The minimum Gasteiger partial charge on any atom is -0.493 e. The van der Waals surface area contributed by atoms with E-state index in [0.717, 1.165) is 12.0 Å². The van der Waals surface area contributed by atoms with E-state index in [4.69, 9.17) is 20.3 Å².